The van der Waals surface area contributed by atoms with E-state index in [9.17, 15) is 14.4 Å². The van der Waals surface area contributed by atoms with Crippen LogP contribution in [0.25, 0.3) is 0 Å². The number of unbranched alkanes of at least 4 members (excludes halogenated alkanes) is 1. The molecule has 1 heterocycles. The minimum atomic E-state index is -0.827. The lowest BCUT2D eigenvalue weighted by molar-refractivity contribution is -0.142. The minimum absolute atomic E-state index is 0.0369. The van der Waals surface area contributed by atoms with E-state index in [1.807, 2.05) is 27.7 Å². The van der Waals surface area contributed by atoms with Crippen molar-refractivity contribution in [3.8, 4) is 5.75 Å². The molecular formula is C26H38N4O5. The third-order valence-corrected chi connectivity index (χ3v) is 5.87. The molecule has 2 rings (SSSR count). The highest BCUT2D eigenvalue weighted by Crippen LogP contribution is 2.26. The second-order valence-corrected chi connectivity index (χ2v) is 9.21. The van der Waals surface area contributed by atoms with Gasteiger partial charge < -0.3 is 24.8 Å². The Kier molecular flexibility index (Phi) is 10.3. The highest BCUT2D eigenvalue weighted by molar-refractivity contribution is 5.94. The predicted octanol–water partition coefficient (Wildman–Crippen LogP) is 4.39. The average molecular weight is 487 g/mol. The maximum atomic E-state index is 13.5. The average Bonchev–Trinajstić information content (AvgIpc) is 3.24. The van der Waals surface area contributed by atoms with Gasteiger partial charge in [-0.1, -0.05) is 37.6 Å². The summed E-state index contributed by atoms with van der Waals surface area (Å²) in [6, 6.07) is 7.92. The Bertz CT molecular complexity index is 984. The van der Waals surface area contributed by atoms with Crippen LogP contribution in [0.3, 0.4) is 0 Å². The first kappa shape index (κ1) is 27.9. The largest absolute Gasteiger partial charge is 0.497 e. The van der Waals surface area contributed by atoms with Gasteiger partial charge in [-0.05, 0) is 51.3 Å². The molecule has 35 heavy (non-hydrogen) atoms. The molecule has 1 atom stereocenters. The van der Waals surface area contributed by atoms with E-state index < -0.39 is 11.6 Å². The zero-order valence-corrected chi connectivity index (χ0v) is 21.6. The Labute approximate surface area is 207 Å². The number of anilines is 1. The van der Waals surface area contributed by atoms with Crippen LogP contribution in [0.15, 0.2) is 34.9 Å². The Morgan fingerprint density at radius 2 is 1.83 bits per heavy atom. The van der Waals surface area contributed by atoms with E-state index in [4.69, 9.17) is 9.26 Å². The van der Waals surface area contributed by atoms with Crippen LogP contribution in [0.1, 0.15) is 77.2 Å². The smallest absolute Gasteiger partial charge is 0.247 e. The van der Waals surface area contributed by atoms with Crippen LogP contribution in [0.2, 0.25) is 0 Å². The molecular weight excluding hydrogens is 448 g/mol. The second kappa shape index (κ2) is 12.9. The maximum absolute atomic E-state index is 13.5. The molecule has 1 aromatic heterocycles. The molecule has 9 nitrogen and oxygen atoms in total. The van der Waals surface area contributed by atoms with Gasteiger partial charge in [-0.3, -0.25) is 14.4 Å². The molecule has 0 aliphatic carbocycles. The van der Waals surface area contributed by atoms with Gasteiger partial charge in [0, 0.05) is 31.0 Å². The Morgan fingerprint density at radius 3 is 2.37 bits per heavy atom. The van der Waals surface area contributed by atoms with Crippen LogP contribution in [-0.4, -0.2) is 47.0 Å². The van der Waals surface area contributed by atoms with Crippen LogP contribution in [0.4, 0.5) is 5.82 Å². The fourth-order valence-electron chi connectivity index (χ4n) is 3.47. The fraction of sp³-hybridized carbons (Fsp3) is 0.538. The van der Waals surface area contributed by atoms with E-state index in [-0.39, 0.29) is 30.6 Å². The maximum Gasteiger partial charge on any atom is 0.247 e. The number of hydrogen-bond donors (Lipinski definition) is 2. The van der Waals surface area contributed by atoms with Crippen molar-refractivity contribution >= 4 is 23.5 Å². The first-order valence-electron chi connectivity index (χ1n) is 12.1. The second-order valence-electron chi connectivity index (χ2n) is 9.21. The van der Waals surface area contributed by atoms with Gasteiger partial charge in [0.1, 0.15) is 17.6 Å². The number of carbonyl (C=O) groups is 3. The molecule has 0 bridgehead atoms. The van der Waals surface area contributed by atoms with Gasteiger partial charge in [0.2, 0.25) is 17.7 Å². The number of carbonyl (C=O) groups excluding carboxylic acids is 3. The molecule has 9 heteroatoms. The normalized spacial score (nSPS) is 12.1. The van der Waals surface area contributed by atoms with Gasteiger partial charge in [0.15, 0.2) is 5.82 Å². The van der Waals surface area contributed by atoms with Crippen molar-refractivity contribution < 1.29 is 23.6 Å². The summed E-state index contributed by atoms with van der Waals surface area (Å²) in [4.78, 5) is 40.9. The van der Waals surface area contributed by atoms with Crippen molar-refractivity contribution in [1.29, 1.82) is 0 Å². The van der Waals surface area contributed by atoms with Gasteiger partial charge >= 0.3 is 0 Å². The fourth-order valence-corrected chi connectivity index (χ4v) is 3.47. The predicted molar refractivity (Wildman–Crippen MR) is 134 cm³/mol. The molecule has 2 N–H and O–H groups in total. The SMILES string of the molecule is CCCCN(C(=O)CCC(=O)Nc1cc(C)on1)[C@@H](C(=O)NC(C)(C)CC)c1ccc(OC)cc1. The van der Waals surface area contributed by atoms with Crippen molar-refractivity contribution in [2.45, 2.75) is 78.3 Å². The zero-order valence-electron chi connectivity index (χ0n) is 21.6. The quantitative estimate of drug-likeness (QED) is 0.434. The number of nitrogens with zero attached hydrogens (tertiary/aromatic N) is 2. The van der Waals surface area contributed by atoms with E-state index in [1.165, 1.54) is 0 Å². The van der Waals surface area contributed by atoms with Crippen LogP contribution < -0.4 is 15.4 Å². The van der Waals surface area contributed by atoms with Crippen LogP contribution in [0, 0.1) is 6.92 Å². The van der Waals surface area contributed by atoms with Gasteiger partial charge in [-0.15, -0.1) is 0 Å². The molecule has 0 aliphatic rings. The van der Waals surface area contributed by atoms with Crippen molar-refractivity contribution in [3.05, 3.63) is 41.7 Å². The summed E-state index contributed by atoms with van der Waals surface area (Å²) in [5.41, 5.74) is 0.249. The Hall–Kier alpha value is -3.36. The van der Waals surface area contributed by atoms with Crippen molar-refractivity contribution in [2.75, 3.05) is 19.0 Å². The molecule has 1 aromatic carbocycles. The summed E-state index contributed by atoms with van der Waals surface area (Å²) >= 11 is 0. The number of hydrogen-bond acceptors (Lipinski definition) is 6. The van der Waals surface area contributed by atoms with E-state index >= 15 is 0 Å². The van der Waals surface area contributed by atoms with E-state index in [1.54, 1.807) is 49.3 Å². The lowest BCUT2D eigenvalue weighted by atomic mass is 9.98. The molecule has 0 saturated heterocycles. The first-order valence-corrected chi connectivity index (χ1v) is 12.1. The lowest BCUT2D eigenvalue weighted by Crippen LogP contribution is -2.50. The van der Waals surface area contributed by atoms with Gasteiger partial charge in [0.25, 0.3) is 0 Å². The monoisotopic (exact) mass is 486 g/mol. The van der Waals surface area contributed by atoms with Crippen LogP contribution in [-0.2, 0) is 14.4 Å². The number of aryl methyl sites for hydroxylation is 1. The van der Waals surface area contributed by atoms with Crippen molar-refractivity contribution in [3.63, 3.8) is 0 Å². The number of aromatic nitrogens is 1. The summed E-state index contributed by atoms with van der Waals surface area (Å²) in [5, 5.41) is 9.45. The zero-order chi connectivity index (χ0) is 26.0. The van der Waals surface area contributed by atoms with Gasteiger partial charge in [0.05, 0.1) is 7.11 Å². The molecule has 0 spiro atoms. The Morgan fingerprint density at radius 1 is 1.14 bits per heavy atom. The molecule has 0 fully saturated rings. The summed E-state index contributed by atoms with van der Waals surface area (Å²) in [6.45, 7) is 10.0. The minimum Gasteiger partial charge on any atom is -0.497 e. The number of rotatable bonds is 13. The summed E-state index contributed by atoms with van der Waals surface area (Å²) in [5.74, 6) is 0.669. The molecule has 0 unspecified atom stereocenters. The summed E-state index contributed by atoms with van der Waals surface area (Å²) in [6.07, 6.45) is 2.24. The van der Waals surface area contributed by atoms with Gasteiger partial charge in [-0.2, -0.15) is 0 Å². The summed E-state index contributed by atoms with van der Waals surface area (Å²) < 4.78 is 10.2. The number of amides is 3. The van der Waals surface area contributed by atoms with Crippen molar-refractivity contribution in [1.82, 2.24) is 15.4 Å². The number of benzene rings is 1. The van der Waals surface area contributed by atoms with Gasteiger partial charge in [-0.25, -0.2) is 0 Å². The third-order valence-electron chi connectivity index (χ3n) is 5.87. The number of nitrogens with one attached hydrogen (secondary N) is 2. The molecule has 3 amide bonds. The third kappa shape index (κ3) is 8.42. The molecule has 192 valence electrons. The standard InChI is InChI=1S/C26H38N4O5/c1-7-9-16-30(23(32)15-14-22(31)27-21-17-18(3)35-29-21)24(25(33)28-26(4,5)8-2)19-10-12-20(34-6)13-11-19/h10-13,17,24H,7-9,14-16H2,1-6H3,(H,28,33)(H,27,29,31)/t24-/m1/s1. The molecule has 0 radical (unpaired) electrons. The van der Waals surface area contributed by atoms with Crippen LogP contribution in [0.5, 0.6) is 5.75 Å². The molecule has 0 saturated carbocycles. The number of methoxy groups -OCH3 is 1. The van der Waals surface area contributed by atoms with E-state index in [0.29, 0.717) is 29.4 Å². The Balaban J connectivity index is 2.27. The highest BCUT2D eigenvalue weighted by Gasteiger charge is 2.33. The van der Waals surface area contributed by atoms with E-state index in [0.717, 1.165) is 19.3 Å². The van der Waals surface area contributed by atoms with Crippen molar-refractivity contribution in [2.24, 2.45) is 0 Å². The van der Waals surface area contributed by atoms with E-state index in [2.05, 4.69) is 15.8 Å². The summed E-state index contributed by atoms with van der Waals surface area (Å²) in [7, 11) is 1.57. The van der Waals surface area contributed by atoms with Crippen LogP contribution >= 0.6 is 0 Å². The first-order chi connectivity index (χ1) is 16.6. The lowest BCUT2D eigenvalue weighted by Gasteiger charge is -2.34. The topological polar surface area (TPSA) is 114 Å². The molecule has 0 aliphatic heterocycles. The number of ether oxygens (including phenoxy) is 1. The highest BCUT2D eigenvalue weighted by atomic mass is 16.5. The molecule has 2 aromatic rings.